The van der Waals surface area contributed by atoms with Crippen molar-refractivity contribution < 1.29 is 13.2 Å². The number of hydrogen-bond acceptors (Lipinski definition) is 3. The van der Waals surface area contributed by atoms with Crippen LogP contribution < -0.4 is 4.74 Å². The van der Waals surface area contributed by atoms with E-state index in [0.29, 0.717) is 17.2 Å². The van der Waals surface area contributed by atoms with Crippen molar-refractivity contribution in [2.24, 2.45) is 0 Å². The molecule has 6 heteroatoms. The third-order valence-corrected chi connectivity index (χ3v) is 8.62. The molecule has 0 saturated heterocycles. The monoisotopic (exact) mass is 575 g/mol. The van der Waals surface area contributed by atoms with Crippen molar-refractivity contribution >= 4 is 21.6 Å². The Bertz CT molecular complexity index is 1370. The van der Waals surface area contributed by atoms with E-state index in [9.17, 15) is 8.42 Å². The second-order valence-electron chi connectivity index (χ2n) is 9.64. The fraction of sp³-hybridized carbons (Fsp3) is 0.353. The van der Waals surface area contributed by atoms with Crippen LogP contribution in [0.2, 0.25) is 5.02 Å². The maximum absolute atomic E-state index is 13.7. The number of unbranched alkanes of at least 4 members (excludes halogenated alkanes) is 7. The van der Waals surface area contributed by atoms with E-state index in [1.165, 1.54) is 42.8 Å². The molecule has 1 unspecified atom stereocenters. The summed E-state index contributed by atoms with van der Waals surface area (Å²) in [5.41, 5.74) is 1.42. The molecule has 0 aliphatic heterocycles. The molecule has 0 bridgehead atoms. The van der Waals surface area contributed by atoms with Gasteiger partial charge in [0.15, 0.2) is 0 Å². The summed E-state index contributed by atoms with van der Waals surface area (Å²) in [6.45, 7) is 2.76. The zero-order valence-corrected chi connectivity index (χ0v) is 24.8. The van der Waals surface area contributed by atoms with Gasteiger partial charge >= 0.3 is 0 Å². The molecule has 0 heterocycles. The van der Waals surface area contributed by atoms with E-state index in [4.69, 9.17) is 22.8 Å². The molecule has 1 atom stereocenters. The number of hydrogen-bond donors (Lipinski definition) is 0. The molecule has 3 aromatic carbocycles. The lowest BCUT2D eigenvalue weighted by Gasteiger charge is -2.26. The highest BCUT2D eigenvalue weighted by Gasteiger charge is 2.31. The van der Waals surface area contributed by atoms with Crippen molar-refractivity contribution in [3.8, 4) is 29.9 Å². The van der Waals surface area contributed by atoms with Gasteiger partial charge in [0.25, 0.3) is 0 Å². The first kappa shape index (κ1) is 31.3. The third-order valence-electron chi connectivity index (χ3n) is 6.54. The van der Waals surface area contributed by atoms with Crippen molar-refractivity contribution in [1.82, 2.24) is 4.31 Å². The Morgan fingerprint density at radius 2 is 1.48 bits per heavy atom. The summed E-state index contributed by atoms with van der Waals surface area (Å²) in [6, 6.07) is 22.0. The Labute approximate surface area is 245 Å². The first-order valence-electron chi connectivity index (χ1n) is 14.0. The SMILES string of the molecule is C#CCN(C(C#Cc1ccc(Cl)cc1)c1ccc(OCCCCCCCCCC)cc1)S(=O)(=O)c1ccccc1. The first-order valence-corrected chi connectivity index (χ1v) is 15.8. The molecule has 0 amide bonds. The quantitative estimate of drug-likeness (QED) is 0.135. The molecule has 0 radical (unpaired) electrons. The molecule has 3 rings (SSSR count). The molecule has 0 saturated carbocycles. The molecule has 4 nitrogen and oxygen atoms in total. The third kappa shape index (κ3) is 9.76. The Kier molecular flexibility index (Phi) is 13.1. The van der Waals surface area contributed by atoms with Gasteiger partial charge in [0.05, 0.1) is 18.0 Å². The Hall–Kier alpha value is -3.22. The fourth-order valence-electron chi connectivity index (χ4n) is 4.31. The van der Waals surface area contributed by atoms with E-state index >= 15 is 0 Å². The van der Waals surface area contributed by atoms with E-state index in [0.717, 1.165) is 24.2 Å². The molecule has 0 aliphatic carbocycles. The summed E-state index contributed by atoms with van der Waals surface area (Å²) in [5, 5.41) is 0.602. The average molecular weight is 576 g/mol. The van der Waals surface area contributed by atoms with Gasteiger partial charge in [-0.25, -0.2) is 8.42 Å². The van der Waals surface area contributed by atoms with Crippen LogP contribution in [0.15, 0.2) is 83.8 Å². The minimum atomic E-state index is -3.93. The zero-order chi connectivity index (χ0) is 28.6. The number of ether oxygens (including phenoxy) is 1. The number of benzene rings is 3. The summed E-state index contributed by atoms with van der Waals surface area (Å²) < 4.78 is 34.6. The molecule has 3 aromatic rings. The Morgan fingerprint density at radius 3 is 2.10 bits per heavy atom. The maximum atomic E-state index is 13.7. The molecule has 40 heavy (non-hydrogen) atoms. The van der Waals surface area contributed by atoms with Crippen LogP contribution in [0.3, 0.4) is 0 Å². The summed E-state index contributed by atoms with van der Waals surface area (Å²) in [5.74, 6) is 9.50. The highest BCUT2D eigenvalue weighted by molar-refractivity contribution is 7.89. The predicted molar refractivity (Wildman–Crippen MR) is 165 cm³/mol. The highest BCUT2D eigenvalue weighted by Crippen LogP contribution is 2.29. The topological polar surface area (TPSA) is 46.6 Å². The standard InChI is InChI=1S/C34H38ClNO3S/c1-3-5-6-7-8-9-10-14-28-39-32-24-20-30(21-25-32)34(26-19-29-17-22-31(35)23-18-29)36(27-4-2)40(37,38)33-15-12-11-13-16-33/h2,11-13,15-18,20-25,34H,3,5-10,14,27-28H2,1H3. The molecule has 0 aromatic heterocycles. The number of nitrogens with zero attached hydrogens (tertiary/aromatic N) is 1. The van der Waals surface area contributed by atoms with Gasteiger partial charge < -0.3 is 4.74 Å². The number of rotatable bonds is 15. The van der Waals surface area contributed by atoms with Crippen molar-refractivity contribution in [1.29, 1.82) is 0 Å². The Morgan fingerprint density at radius 1 is 0.850 bits per heavy atom. The van der Waals surface area contributed by atoms with Crippen LogP contribution >= 0.6 is 11.6 Å². The minimum Gasteiger partial charge on any atom is -0.494 e. The van der Waals surface area contributed by atoms with Crippen LogP contribution in [0.1, 0.15) is 75.5 Å². The van der Waals surface area contributed by atoms with Crippen molar-refractivity contribution in [2.45, 2.75) is 69.2 Å². The van der Waals surface area contributed by atoms with Gasteiger partial charge in [-0.15, -0.1) is 6.42 Å². The van der Waals surface area contributed by atoms with Crippen LogP contribution in [0, 0.1) is 24.2 Å². The molecular formula is C34H38ClNO3S. The second-order valence-corrected chi connectivity index (χ2v) is 12.0. The summed E-state index contributed by atoms with van der Waals surface area (Å²) in [7, 11) is -3.93. The molecule has 0 N–H and O–H groups in total. The van der Waals surface area contributed by atoms with Crippen LogP contribution in [-0.2, 0) is 10.0 Å². The van der Waals surface area contributed by atoms with E-state index in [1.54, 1.807) is 54.6 Å². The first-order chi connectivity index (χ1) is 19.5. The lowest BCUT2D eigenvalue weighted by atomic mass is 10.1. The number of terminal acetylenes is 1. The second kappa shape index (κ2) is 16.8. The summed E-state index contributed by atoms with van der Waals surface area (Å²) >= 11 is 6.02. The van der Waals surface area contributed by atoms with E-state index in [2.05, 4.69) is 24.7 Å². The lowest BCUT2D eigenvalue weighted by Crippen LogP contribution is -2.34. The maximum Gasteiger partial charge on any atom is 0.245 e. The van der Waals surface area contributed by atoms with Crippen LogP contribution in [0.25, 0.3) is 0 Å². The van der Waals surface area contributed by atoms with E-state index in [1.807, 2.05) is 24.3 Å². The average Bonchev–Trinajstić information content (AvgIpc) is 2.98. The van der Waals surface area contributed by atoms with Gasteiger partial charge in [-0.1, -0.05) is 112 Å². The van der Waals surface area contributed by atoms with Gasteiger partial charge in [0, 0.05) is 10.6 Å². The number of sulfonamides is 1. The van der Waals surface area contributed by atoms with Gasteiger partial charge in [0.1, 0.15) is 11.8 Å². The smallest absolute Gasteiger partial charge is 0.245 e. The van der Waals surface area contributed by atoms with Crippen molar-refractivity contribution in [3.63, 3.8) is 0 Å². The summed E-state index contributed by atoms with van der Waals surface area (Å²) in [4.78, 5) is 0.161. The molecule has 0 fully saturated rings. The van der Waals surface area contributed by atoms with Gasteiger partial charge in [-0.2, -0.15) is 4.31 Å². The normalized spacial score (nSPS) is 11.8. The molecule has 0 aliphatic rings. The van der Waals surface area contributed by atoms with E-state index < -0.39 is 16.1 Å². The number of halogens is 1. The predicted octanol–water partition coefficient (Wildman–Crippen LogP) is 8.28. The largest absolute Gasteiger partial charge is 0.494 e. The molecular weight excluding hydrogens is 538 g/mol. The van der Waals surface area contributed by atoms with Crippen molar-refractivity contribution in [2.75, 3.05) is 13.2 Å². The Balaban J connectivity index is 1.77. The lowest BCUT2D eigenvalue weighted by molar-refractivity contribution is 0.304. The fourth-order valence-corrected chi connectivity index (χ4v) is 5.91. The van der Waals surface area contributed by atoms with Crippen LogP contribution in [-0.4, -0.2) is 25.9 Å². The zero-order valence-electron chi connectivity index (χ0n) is 23.2. The molecule has 0 spiro atoms. The highest BCUT2D eigenvalue weighted by atomic mass is 35.5. The van der Waals surface area contributed by atoms with Crippen LogP contribution in [0.5, 0.6) is 5.75 Å². The van der Waals surface area contributed by atoms with Gasteiger partial charge in [-0.05, 0) is 60.5 Å². The van der Waals surface area contributed by atoms with Crippen LogP contribution in [0.4, 0.5) is 0 Å². The van der Waals surface area contributed by atoms with Gasteiger partial charge in [-0.3, -0.25) is 0 Å². The van der Waals surface area contributed by atoms with Crippen molar-refractivity contribution in [3.05, 3.63) is 95.0 Å². The minimum absolute atomic E-state index is 0.131. The van der Waals surface area contributed by atoms with E-state index in [-0.39, 0.29) is 11.4 Å². The summed E-state index contributed by atoms with van der Waals surface area (Å²) in [6.07, 6.45) is 15.6. The van der Waals surface area contributed by atoms with Gasteiger partial charge in [0.2, 0.25) is 10.0 Å². The molecule has 210 valence electrons.